The summed E-state index contributed by atoms with van der Waals surface area (Å²) >= 11 is 5.93. The van der Waals surface area contributed by atoms with E-state index in [2.05, 4.69) is 26.1 Å². The van der Waals surface area contributed by atoms with Gasteiger partial charge in [-0.1, -0.05) is 11.6 Å². The number of nitrogens with one attached hydrogen (secondary N) is 3. The van der Waals surface area contributed by atoms with Gasteiger partial charge in [0.2, 0.25) is 18.8 Å². The fraction of sp³-hybridized carbons (Fsp3) is 0.571. The molecule has 0 aliphatic carbocycles. The van der Waals surface area contributed by atoms with Crippen molar-refractivity contribution in [3.63, 3.8) is 0 Å². The summed E-state index contributed by atoms with van der Waals surface area (Å²) in [5.41, 5.74) is 2.60. The van der Waals surface area contributed by atoms with Crippen molar-refractivity contribution in [1.29, 1.82) is 0 Å². The van der Waals surface area contributed by atoms with Gasteiger partial charge in [-0.15, -0.1) is 0 Å². The average Bonchev–Trinajstić information content (AvgIpc) is 2.64. The fourth-order valence-corrected chi connectivity index (χ4v) is 3.43. The van der Waals surface area contributed by atoms with Crippen molar-refractivity contribution >= 4 is 49.5 Å². The molecule has 28 heavy (non-hydrogen) atoms. The summed E-state index contributed by atoms with van der Waals surface area (Å²) in [6.07, 6.45) is 1.06. The summed E-state index contributed by atoms with van der Waals surface area (Å²) in [6, 6.07) is 0. The molecule has 1 aromatic heterocycles. The van der Waals surface area contributed by atoms with E-state index in [1.807, 2.05) is 0 Å². The predicted octanol–water partition coefficient (Wildman–Crippen LogP) is 2.24. The highest BCUT2D eigenvalue weighted by molar-refractivity contribution is 7.53. The van der Waals surface area contributed by atoms with Crippen molar-refractivity contribution in [2.75, 3.05) is 48.9 Å². The number of carbonyl (C=O) groups excluding carboxylic acids is 2. The van der Waals surface area contributed by atoms with Crippen LogP contribution in [0.1, 0.15) is 20.3 Å². The van der Waals surface area contributed by atoms with Crippen LogP contribution in [0.15, 0.2) is 0 Å². The van der Waals surface area contributed by atoms with Crippen LogP contribution in [0.2, 0.25) is 5.15 Å². The van der Waals surface area contributed by atoms with E-state index in [-0.39, 0.29) is 55.4 Å². The Bertz CT molecular complexity index is 672. The molecule has 0 aliphatic rings. The van der Waals surface area contributed by atoms with Gasteiger partial charge < -0.3 is 19.1 Å². The first-order valence-electron chi connectivity index (χ1n) is 8.31. The Morgan fingerprint density at radius 1 is 1.07 bits per heavy atom. The van der Waals surface area contributed by atoms with Gasteiger partial charge in [-0.05, 0) is 20.3 Å². The quantitative estimate of drug-likeness (QED) is 0.115. The molecular weight excluding hydrogens is 417 g/mol. The molecule has 1 aromatic rings. The average molecular weight is 440 g/mol. The highest BCUT2D eigenvalue weighted by atomic mass is 35.5. The van der Waals surface area contributed by atoms with Crippen molar-refractivity contribution < 1.29 is 32.8 Å². The Hall–Kier alpha value is -1.82. The van der Waals surface area contributed by atoms with E-state index in [0.29, 0.717) is 19.2 Å². The molecule has 0 saturated carbocycles. The summed E-state index contributed by atoms with van der Waals surface area (Å²) < 4.78 is 27.7. The number of hydrogen-bond acceptors (Lipinski definition) is 10. The molecule has 12 nitrogen and oxygen atoms in total. The van der Waals surface area contributed by atoms with Crippen molar-refractivity contribution in [1.82, 2.24) is 9.97 Å². The normalized spacial score (nSPS) is 11.1. The van der Waals surface area contributed by atoms with Crippen LogP contribution in [0.4, 0.5) is 17.5 Å². The van der Waals surface area contributed by atoms with E-state index < -0.39 is 7.60 Å². The first-order chi connectivity index (χ1) is 13.5. The van der Waals surface area contributed by atoms with Gasteiger partial charge in [0.15, 0.2) is 11.0 Å². The molecule has 2 amide bonds. The van der Waals surface area contributed by atoms with Crippen molar-refractivity contribution in [2.45, 2.75) is 20.3 Å². The Balaban J connectivity index is 2.46. The first kappa shape index (κ1) is 24.2. The van der Waals surface area contributed by atoms with Gasteiger partial charge >= 0.3 is 7.60 Å². The molecule has 0 aromatic carbocycles. The molecule has 0 atom stereocenters. The monoisotopic (exact) mass is 439 g/mol. The fourth-order valence-electron chi connectivity index (χ4n) is 1.85. The number of hydrogen-bond donors (Lipinski definition) is 3. The predicted molar refractivity (Wildman–Crippen MR) is 102 cm³/mol. The van der Waals surface area contributed by atoms with Crippen molar-refractivity contribution in [3.05, 3.63) is 5.15 Å². The third-order valence-corrected chi connectivity index (χ3v) is 4.94. The second kappa shape index (κ2) is 13.4. The zero-order valence-corrected chi connectivity index (χ0v) is 17.1. The lowest BCUT2D eigenvalue weighted by Gasteiger charge is -2.16. The van der Waals surface area contributed by atoms with E-state index in [1.165, 1.54) is 0 Å². The molecule has 0 fully saturated rings. The van der Waals surface area contributed by atoms with E-state index in [1.54, 1.807) is 13.8 Å². The third kappa shape index (κ3) is 8.46. The van der Waals surface area contributed by atoms with Crippen LogP contribution in [0.5, 0.6) is 0 Å². The highest BCUT2D eigenvalue weighted by Crippen LogP contribution is 2.47. The maximum Gasteiger partial charge on any atom is 0.356 e. The molecule has 14 heteroatoms. The zero-order valence-electron chi connectivity index (χ0n) is 15.5. The molecule has 0 bridgehead atoms. The lowest BCUT2D eigenvalue weighted by molar-refractivity contribution is -0.106. The summed E-state index contributed by atoms with van der Waals surface area (Å²) in [5.74, 6) is -0.0250. The third-order valence-electron chi connectivity index (χ3n) is 2.86. The lowest BCUT2D eigenvalue weighted by Crippen LogP contribution is -2.12. The standard InChI is InChI=1S/C14H23ClN5O7P/c1-3-26-28(23,27-4-2)10-24-6-5-7-25-20-13-11(16-8-21)12(15)18-14(19-13)17-9-22/h8-9H,3-7,10H2,1-2H3,(H,16,21)(H2,17,18,19,20,22). The number of aromatic nitrogens is 2. The van der Waals surface area contributed by atoms with Gasteiger partial charge in [0.05, 0.1) is 19.8 Å². The molecule has 1 heterocycles. The number of nitrogens with zero attached hydrogens (tertiary/aromatic N) is 2. The molecule has 0 unspecified atom stereocenters. The number of halogens is 1. The molecule has 1 rings (SSSR count). The Morgan fingerprint density at radius 2 is 1.75 bits per heavy atom. The van der Waals surface area contributed by atoms with Crippen molar-refractivity contribution in [2.24, 2.45) is 0 Å². The zero-order chi connectivity index (χ0) is 20.8. The minimum absolute atomic E-state index is 0.0505. The number of anilines is 3. The Kier molecular flexibility index (Phi) is 11.6. The lowest BCUT2D eigenvalue weighted by atomic mass is 10.5. The van der Waals surface area contributed by atoms with Crippen LogP contribution in [-0.4, -0.2) is 55.6 Å². The van der Waals surface area contributed by atoms with Crippen LogP contribution in [-0.2, 0) is 32.8 Å². The number of amides is 2. The second-order valence-corrected chi connectivity index (χ2v) is 7.23. The Morgan fingerprint density at radius 3 is 2.36 bits per heavy atom. The van der Waals surface area contributed by atoms with E-state index in [4.69, 9.17) is 30.2 Å². The highest BCUT2D eigenvalue weighted by Gasteiger charge is 2.23. The number of ether oxygens (including phenoxy) is 1. The molecule has 0 saturated heterocycles. The maximum atomic E-state index is 12.2. The van der Waals surface area contributed by atoms with E-state index in [0.717, 1.165) is 0 Å². The summed E-state index contributed by atoms with van der Waals surface area (Å²) in [5, 5.41) is 4.48. The van der Waals surface area contributed by atoms with E-state index >= 15 is 0 Å². The smallest absolute Gasteiger partial charge is 0.356 e. The van der Waals surface area contributed by atoms with Crippen LogP contribution >= 0.6 is 19.2 Å². The van der Waals surface area contributed by atoms with Crippen molar-refractivity contribution in [3.8, 4) is 0 Å². The number of carbonyl (C=O) groups is 2. The molecule has 0 aliphatic heterocycles. The second-order valence-electron chi connectivity index (χ2n) is 4.87. The molecular formula is C14H23ClN5O7P. The molecule has 0 radical (unpaired) electrons. The van der Waals surface area contributed by atoms with Crippen LogP contribution < -0.4 is 16.1 Å². The summed E-state index contributed by atoms with van der Waals surface area (Å²) in [4.78, 5) is 34.2. The largest absolute Gasteiger partial charge is 0.369 e. The minimum Gasteiger partial charge on any atom is -0.369 e. The topological polar surface area (TPSA) is 150 Å². The summed E-state index contributed by atoms with van der Waals surface area (Å²) in [6.45, 7) is 4.38. The minimum atomic E-state index is -3.24. The first-order valence-corrected chi connectivity index (χ1v) is 10.4. The number of rotatable bonds is 16. The Labute approximate surface area is 167 Å². The molecule has 0 spiro atoms. The van der Waals surface area contributed by atoms with Crippen LogP contribution in [0.25, 0.3) is 0 Å². The van der Waals surface area contributed by atoms with Gasteiger partial charge in [-0.2, -0.15) is 9.97 Å². The van der Waals surface area contributed by atoms with Crippen LogP contribution in [0, 0.1) is 0 Å². The summed E-state index contributed by atoms with van der Waals surface area (Å²) in [7, 11) is -3.24. The van der Waals surface area contributed by atoms with E-state index in [9.17, 15) is 14.2 Å². The molecule has 3 N–H and O–H groups in total. The SMILES string of the molecule is CCOP(=O)(COCCCONc1nc(NC=O)nc(Cl)c1NC=O)OCC. The maximum absolute atomic E-state index is 12.2. The van der Waals surface area contributed by atoms with Gasteiger partial charge in [0, 0.05) is 6.61 Å². The van der Waals surface area contributed by atoms with Gasteiger partial charge in [-0.25, -0.2) is 5.48 Å². The molecule has 158 valence electrons. The van der Waals surface area contributed by atoms with Gasteiger partial charge in [0.1, 0.15) is 12.0 Å². The van der Waals surface area contributed by atoms with Gasteiger partial charge in [-0.3, -0.25) is 24.3 Å². The van der Waals surface area contributed by atoms with Crippen LogP contribution in [0.3, 0.4) is 0 Å². The van der Waals surface area contributed by atoms with Gasteiger partial charge in [0.25, 0.3) is 0 Å².